The molecule has 10 heteroatoms. The summed E-state index contributed by atoms with van der Waals surface area (Å²) in [6.45, 7) is 2.56. The number of aromatic carboxylic acids is 1. The van der Waals surface area contributed by atoms with E-state index in [0.717, 1.165) is 0 Å². The van der Waals surface area contributed by atoms with Gasteiger partial charge in [0.15, 0.2) is 10.5 Å². The maximum atomic E-state index is 12.3. The normalized spacial score (nSPS) is 10.8. The van der Waals surface area contributed by atoms with E-state index in [1.807, 2.05) is 0 Å². The molecule has 36 heavy (non-hydrogen) atoms. The number of benzene rings is 3. The van der Waals surface area contributed by atoms with Gasteiger partial charge in [-0.2, -0.15) is 0 Å². The molecule has 0 saturated heterocycles. The molecule has 2 aromatic rings. The number of phenols is 1. The van der Waals surface area contributed by atoms with Crippen LogP contribution in [0, 0.1) is 0 Å². The third-order valence-corrected chi connectivity index (χ3v) is 5.75. The van der Waals surface area contributed by atoms with E-state index in [2.05, 4.69) is 16.0 Å². The predicted molar refractivity (Wildman–Crippen MR) is 141 cm³/mol. The zero-order chi connectivity index (χ0) is 25.8. The first kappa shape index (κ1) is 24.7. The second kappa shape index (κ2) is 10.4. The number of amides is 1. The van der Waals surface area contributed by atoms with Crippen molar-refractivity contribution in [3.05, 3.63) is 70.4 Å². The SMILES string of the molecule is CCC(=O)NCCNC(=S)Nc1ccc(-c2c3ccc(=O)cc-3oc3cc(O)ccc23)c(C(=O)O)c1. The third-order valence-electron chi connectivity index (χ3n) is 5.51. The Balaban J connectivity index is 1.71. The second-order valence-electron chi connectivity index (χ2n) is 7.97. The first-order chi connectivity index (χ1) is 17.3. The van der Waals surface area contributed by atoms with Crippen molar-refractivity contribution < 1.29 is 24.2 Å². The summed E-state index contributed by atoms with van der Waals surface area (Å²) in [5, 5.41) is 29.5. The number of nitrogens with one attached hydrogen (secondary N) is 3. The molecule has 2 aliphatic rings. The van der Waals surface area contributed by atoms with Crippen molar-refractivity contribution >= 4 is 45.9 Å². The monoisotopic (exact) mass is 505 g/mol. The number of hydrogen-bond donors (Lipinski definition) is 5. The number of aromatic hydroxyl groups is 1. The van der Waals surface area contributed by atoms with E-state index >= 15 is 0 Å². The number of phenolic OH excluding ortho intramolecular Hbond substituents is 1. The Hall–Kier alpha value is -4.44. The van der Waals surface area contributed by atoms with Gasteiger partial charge < -0.3 is 30.6 Å². The molecule has 0 unspecified atom stereocenters. The van der Waals surface area contributed by atoms with Crippen LogP contribution < -0.4 is 21.4 Å². The molecule has 0 fully saturated rings. The van der Waals surface area contributed by atoms with Crippen LogP contribution in [0.5, 0.6) is 5.75 Å². The number of carbonyl (C=O) groups is 2. The molecule has 5 N–H and O–H groups in total. The summed E-state index contributed by atoms with van der Waals surface area (Å²) < 4.78 is 5.84. The van der Waals surface area contributed by atoms with Crippen LogP contribution >= 0.6 is 12.2 Å². The summed E-state index contributed by atoms with van der Waals surface area (Å²) in [5.41, 5.74) is 2.03. The number of hydrogen-bond acceptors (Lipinski definition) is 6. The minimum Gasteiger partial charge on any atom is -0.508 e. The molecule has 4 rings (SSSR count). The number of carbonyl (C=O) groups excluding carboxylic acids is 1. The smallest absolute Gasteiger partial charge is 0.336 e. The van der Waals surface area contributed by atoms with Gasteiger partial charge in [-0.25, -0.2) is 4.79 Å². The van der Waals surface area contributed by atoms with Crippen LogP contribution in [-0.2, 0) is 4.79 Å². The lowest BCUT2D eigenvalue weighted by Gasteiger charge is -2.18. The van der Waals surface area contributed by atoms with Crippen LogP contribution in [-0.4, -0.2) is 40.3 Å². The fraction of sp³-hybridized carbons (Fsp3) is 0.154. The van der Waals surface area contributed by atoms with Crippen LogP contribution in [0.1, 0.15) is 23.7 Å². The average molecular weight is 506 g/mol. The minimum atomic E-state index is -1.16. The van der Waals surface area contributed by atoms with Crippen molar-refractivity contribution in [2.45, 2.75) is 13.3 Å². The Kier molecular flexibility index (Phi) is 7.16. The van der Waals surface area contributed by atoms with Crippen molar-refractivity contribution in [3.63, 3.8) is 0 Å². The highest BCUT2D eigenvalue weighted by molar-refractivity contribution is 7.80. The lowest BCUT2D eigenvalue weighted by molar-refractivity contribution is -0.120. The van der Waals surface area contributed by atoms with Crippen LogP contribution in [0.15, 0.2) is 63.8 Å². The standard InChI is InChI=1S/C26H23N3O6S/c1-2-23(32)27-9-10-28-26(36)29-14-3-6-17(20(11-14)25(33)34)24-18-7-4-15(30)12-21(18)35-22-13-16(31)5-8-19(22)24/h3-8,11-13,30H,2,9-10H2,1H3,(H,27,32)(H,33,34)(H2,28,29,36). The van der Waals surface area contributed by atoms with Gasteiger partial charge in [0.25, 0.3) is 0 Å². The number of carboxylic acid groups (broad SMARTS) is 1. The highest BCUT2D eigenvalue weighted by Crippen LogP contribution is 2.42. The Morgan fingerprint density at radius 3 is 2.47 bits per heavy atom. The highest BCUT2D eigenvalue weighted by Gasteiger charge is 2.22. The Morgan fingerprint density at radius 1 is 0.972 bits per heavy atom. The highest BCUT2D eigenvalue weighted by atomic mass is 32.1. The van der Waals surface area contributed by atoms with Crippen molar-refractivity contribution in [1.29, 1.82) is 0 Å². The quantitative estimate of drug-likeness (QED) is 0.144. The van der Waals surface area contributed by atoms with E-state index in [4.69, 9.17) is 16.6 Å². The van der Waals surface area contributed by atoms with Crippen LogP contribution in [0.2, 0.25) is 0 Å². The van der Waals surface area contributed by atoms with E-state index in [9.17, 15) is 24.6 Å². The molecule has 1 amide bonds. The molecule has 2 aromatic carbocycles. The molecule has 1 aliphatic heterocycles. The molecule has 9 nitrogen and oxygen atoms in total. The number of thiocarbonyl (C=S) groups is 1. The van der Waals surface area contributed by atoms with Crippen molar-refractivity contribution in [1.82, 2.24) is 10.6 Å². The lowest BCUT2D eigenvalue weighted by atomic mass is 9.90. The minimum absolute atomic E-state index is 0.00563. The maximum absolute atomic E-state index is 12.3. The largest absolute Gasteiger partial charge is 0.508 e. The van der Waals surface area contributed by atoms with Gasteiger partial charge >= 0.3 is 5.97 Å². The van der Waals surface area contributed by atoms with Crippen LogP contribution in [0.3, 0.4) is 0 Å². The molecular weight excluding hydrogens is 482 g/mol. The predicted octanol–water partition coefficient (Wildman–Crippen LogP) is 3.78. The van der Waals surface area contributed by atoms with Crippen molar-refractivity contribution in [2.24, 2.45) is 0 Å². The van der Waals surface area contributed by atoms with Gasteiger partial charge in [-0.1, -0.05) is 13.0 Å². The zero-order valence-electron chi connectivity index (χ0n) is 19.3. The second-order valence-corrected chi connectivity index (χ2v) is 8.37. The molecule has 0 spiro atoms. The molecule has 1 aliphatic carbocycles. The summed E-state index contributed by atoms with van der Waals surface area (Å²) in [5.74, 6) is -0.971. The Bertz CT molecular complexity index is 1510. The van der Waals surface area contributed by atoms with E-state index in [0.29, 0.717) is 52.9 Å². The number of rotatable bonds is 7. The number of carboxylic acids is 1. The average Bonchev–Trinajstić information content (AvgIpc) is 2.84. The summed E-state index contributed by atoms with van der Waals surface area (Å²) in [6.07, 6.45) is 0.395. The molecule has 0 radical (unpaired) electrons. The molecule has 0 bridgehead atoms. The fourth-order valence-electron chi connectivity index (χ4n) is 3.84. The van der Waals surface area contributed by atoms with Crippen LogP contribution in [0.25, 0.3) is 33.4 Å². The van der Waals surface area contributed by atoms with Gasteiger partial charge in [0, 0.05) is 53.8 Å². The number of fused-ring (bicyclic) bond motifs is 2. The van der Waals surface area contributed by atoms with Gasteiger partial charge in [0.05, 0.1) is 5.56 Å². The summed E-state index contributed by atoms with van der Waals surface area (Å²) in [4.78, 5) is 35.6. The fourth-order valence-corrected chi connectivity index (χ4v) is 4.06. The van der Waals surface area contributed by atoms with Gasteiger partial charge in [-0.3, -0.25) is 9.59 Å². The van der Waals surface area contributed by atoms with E-state index < -0.39 is 5.97 Å². The third kappa shape index (κ3) is 5.28. The molecule has 0 saturated carbocycles. The maximum Gasteiger partial charge on any atom is 0.336 e. The van der Waals surface area contributed by atoms with Gasteiger partial charge in [0.2, 0.25) is 5.91 Å². The summed E-state index contributed by atoms with van der Waals surface area (Å²) >= 11 is 5.28. The molecule has 184 valence electrons. The number of anilines is 1. The topological polar surface area (TPSA) is 141 Å². The first-order valence-corrected chi connectivity index (χ1v) is 11.6. The van der Waals surface area contributed by atoms with E-state index in [1.165, 1.54) is 30.3 Å². The Morgan fingerprint density at radius 2 is 1.72 bits per heavy atom. The zero-order valence-corrected chi connectivity index (χ0v) is 20.1. The van der Waals surface area contributed by atoms with Gasteiger partial charge in [-0.15, -0.1) is 0 Å². The molecule has 0 atom stereocenters. The van der Waals surface area contributed by atoms with E-state index in [1.54, 1.807) is 31.2 Å². The van der Waals surface area contributed by atoms with E-state index in [-0.39, 0.29) is 33.5 Å². The van der Waals surface area contributed by atoms with Gasteiger partial charge in [-0.05, 0) is 54.2 Å². The molecule has 0 aromatic heterocycles. The Labute approximate surface area is 211 Å². The lowest BCUT2D eigenvalue weighted by Crippen LogP contribution is -2.36. The van der Waals surface area contributed by atoms with Crippen LogP contribution in [0.4, 0.5) is 5.69 Å². The molecular formula is C26H23N3O6S. The summed E-state index contributed by atoms with van der Waals surface area (Å²) in [7, 11) is 0. The van der Waals surface area contributed by atoms with Crippen molar-refractivity contribution in [3.8, 4) is 28.2 Å². The van der Waals surface area contributed by atoms with Gasteiger partial charge in [0.1, 0.15) is 17.1 Å². The summed E-state index contributed by atoms with van der Waals surface area (Å²) in [6, 6.07) is 13.7. The first-order valence-electron chi connectivity index (χ1n) is 11.2. The van der Waals surface area contributed by atoms with Crippen molar-refractivity contribution in [2.75, 3.05) is 18.4 Å². The molecule has 1 heterocycles.